The van der Waals surface area contributed by atoms with Crippen LogP contribution in [0.1, 0.15) is 18.4 Å². The maximum atomic E-state index is 11.8. The second-order valence-electron chi connectivity index (χ2n) is 5.21. The number of carbonyl (C=O) groups is 1. The monoisotopic (exact) mass is 264 g/mol. The summed E-state index contributed by atoms with van der Waals surface area (Å²) in [6.07, 6.45) is 1.76. The predicted octanol–water partition coefficient (Wildman–Crippen LogP) is 0.149. The minimum Gasteiger partial charge on any atom is -0.508 e. The Bertz CT molecular complexity index is 427. The number of phenols is 1. The molecule has 0 bridgehead atoms. The SMILES string of the molecule is NC(Cc1ccc(O)cc1)C(=O)NCC1CC(O)C1. The number of aromatic hydroxyl groups is 1. The number of benzene rings is 1. The van der Waals surface area contributed by atoms with Crippen LogP contribution in [-0.4, -0.2) is 34.8 Å². The van der Waals surface area contributed by atoms with Gasteiger partial charge in [-0.15, -0.1) is 0 Å². The molecule has 0 aromatic heterocycles. The molecule has 104 valence electrons. The van der Waals surface area contributed by atoms with Crippen LogP contribution in [-0.2, 0) is 11.2 Å². The largest absolute Gasteiger partial charge is 0.508 e. The molecule has 19 heavy (non-hydrogen) atoms. The van der Waals surface area contributed by atoms with Crippen LogP contribution in [0.3, 0.4) is 0 Å². The molecule has 1 saturated carbocycles. The van der Waals surface area contributed by atoms with E-state index >= 15 is 0 Å². The van der Waals surface area contributed by atoms with Gasteiger partial charge in [-0.25, -0.2) is 0 Å². The van der Waals surface area contributed by atoms with E-state index in [0.29, 0.717) is 18.9 Å². The van der Waals surface area contributed by atoms with Gasteiger partial charge in [0.15, 0.2) is 0 Å². The zero-order valence-electron chi connectivity index (χ0n) is 10.7. The molecule has 5 N–H and O–H groups in total. The standard InChI is InChI=1S/C14H20N2O3/c15-13(7-9-1-3-11(17)4-2-9)14(19)16-8-10-5-12(18)6-10/h1-4,10,12-13,17-18H,5-8,15H2,(H,16,19). The van der Waals surface area contributed by atoms with Crippen LogP contribution in [0.2, 0.25) is 0 Å². The Morgan fingerprint density at radius 2 is 2.00 bits per heavy atom. The average molecular weight is 264 g/mol. The summed E-state index contributed by atoms with van der Waals surface area (Å²) in [7, 11) is 0. The van der Waals surface area contributed by atoms with Gasteiger partial charge < -0.3 is 21.3 Å². The molecule has 5 heteroatoms. The second kappa shape index (κ2) is 6.04. The normalized spacial score (nSPS) is 23.5. The van der Waals surface area contributed by atoms with Crippen molar-refractivity contribution in [2.45, 2.75) is 31.4 Å². The van der Waals surface area contributed by atoms with Crippen LogP contribution in [0.15, 0.2) is 24.3 Å². The van der Waals surface area contributed by atoms with Gasteiger partial charge in [-0.3, -0.25) is 4.79 Å². The van der Waals surface area contributed by atoms with Gasteiger partial charge in [0, 0.05) is 6.54 Å². The fourth-order valence-electron chi connectivity index (χ4n) is 2.22. The maximum absolute atomic E-state index is 11.8. The van der Waals surface area contributed by atoms with Crippen molar-refractivity contribution in [1.29, 1.82) is 0 Å². The number of hydrogen-bond donors (Lipinski definition) is 4. The Labute approximate surface area is 112 Å². The number of phenolic OH excluding ortho intramolecular Hbond substituents is 1. The summed E-state index contributed by atoms with van der Waals surface area (Å²) < 4.78 is 0. The smallest absolute Gasteiger partial charge is 0.237 e. The zero-order valence-corrected chi connectivity index (χ0v) is 10.7. The lowest BCUT2D eigenvalue weighted by atomic mass is 9.82. The van der Waals surface area contributed by atoms with Gasteiger partial charge in [-0.2, -0.15) is 0 Å². The molecule has 5 nitrogen and oxygen atoms in total. The zero-order chi connectivity index (χ0) is 13.8. The minimum absolute atomic E-state index is 0.172. The molecule has 1 atom stereocenters. The Balaban J connectivity index is 1.74. The van der Waals surface area contributed by atoms with Gasteiger partial charge in [-0.1, -0.05) is 12.1 Å². The number of rotatable bonds is 5. The van der Waals surface area contributed by atoms with E-state index in [9.17, 15) is 4.79 Å². The number of aliphatic hydroxyl groups excluding tert-OH is 1. The van der Waals surface area contributed by atoms with E-state index in [2.05, 4.69) is 5.32 Å². The second-order valence-corrected chi connectivity index (χ2v) is 5.21. The predicted molar refractivity (Wildman–Crippen MR) is 71.5 cm³/mol. The van der Waals surface area contributed by atoms with E-state index in [-0.39, 0.29) is 17.8 Å². The van der Waals surface area contributed by atoms with Gasteiger partial charge >= 0.3 is 0 Å². The summed E-state index contributed by atoms with van der Waals surface area (Å²) in [6.45, 7) is 0.583. The van der Waals surface area contributed by atoms with Gasteiger partial charge in [0.1, 0.15) is 5.75 Å². The Kier molecular flexibility index (Phi) is 4.39. The van der Waals surface area contributed by atoms with Crippen LogP contribution in [0, 0.1) is 5.92 Å². The quantitative estimate of drug-likeness (QED) is 0.608. The van der Waals surface area contributed by atoms with Crippen LogP contribution in [0.5, 0.6) is 5.75 Å². The third-order valence-electron chi connectivity index (χ3n) is 3.50. The molecule has 0 aliphatic heterocycles. The minimum atomic E-state index is -0.588. The molecule has 2 rings (SSSR count). The highest BCUT2D eigenvalue weighted by Gasteiger charge is 2.27. The van der Waals surface area contributed by atoms with Gasteiger partial charge in [-0.05, 0) is 42.9 Å². The van der Waals surface area contributed by atoms with Crippen LogP contribution in [0.4, 0.5) is 0 Å². The summed E-state index contributed by atoms with van der Waals surface area (Å²) in [6, 6.07) is 6.08. The molecule has 0 spiro atoms. The van der Waals surface area contributed by atoms with Crippen molar-refractivity contribution in [3.05, 3.63) is 29.8 Å². The Hall–Kier alpha value is -1.59. The van der Waals surface area contributed by atoms with E-state index < -0.39 is 6.04 Å². The van der Waals surface area contributed by atoms with E-state index in [1.54, 1.807) is 24.3 Å². The average Bonchev–Trinajstić information content (AvgIpc) is 2.35. The molecule has 1 unspecified atom stereocenters. The molecule has 0 radical (unpaired) electrons. The first-order chi connectivity index (χ1) is 9.04. The molecular formula is C14H20N2O3. The number of nitrogens with one attached hydrogen (secondary N) is 1. The maximum Gasteiger partial charge on any atom is 0.237 e. The van der Waals surface area contributed by atoms with Crippen molar-refractivity contribution in [1.82, 2.24) is 5.32 Å². The Morgan fingerprint density at radius 1 is 1.37 bits per heavy atom. The molecule has 1 aromatic rings. The molecule has 1 aromatic carbocycles. The fraction of sp³-hybridized carbons (Fsp3) is 0.500. The van der Waals surface area contributed by atoms with Crippen molar-refractivity contribution in [3.8, 4) is 5.75 Å². The summed E-state index contributed by atoms with van der Waals surface area (Å²) in [5.41, 5.74) is 6.75. The molecule has 1 aliphatic rings. The lowest BCUT2D eigenvalue weighted by molar-refractivity contribution is -0.122. The van der Waals surface area contributed by atoms with Gasteiger partial charge in [0.2, 0.25) is 5.91 Å². The topological polar surface area (TPSA) is 95.6 Å². The highest BCUT2D eigenvalue weighted by Crippen LogP contribution is 2.26. The third kappa shape index (κ3) is 3.94. The first kappa shape index (κ1) is 13.8. The van der Waals surface area contributed by atoms with Crippen molar-refractivity contribution < 1.29 is 15.0 Å². The number of nitrogens with two attached hydrogens (primary N) is 1. The van der Waals surface area contributed by atoms with Gasteiger partial charge in [0.05, 0.1) is 12.1 Å². The van der Waals surface area contributed by atoms with Crippen LogP contribution in [0.25, 0.3) is 0 Å². The lowest BCUT2D eigenvalue weighted by Crippen LogP contribution is -2.46. The van der Waals surface area contributed by atoms with Crippen molar-refractivity contribution >= 4 is 5.91 Å². The highest BCUT2D eigenvalue weighted by atomic mass is 16.3. The summed E-state index contributed by atoms with van der Waals surface area (Å²) >= 11 is 0. The molecule has 0 saturated heterocycles. The fourth-order valence-corrected chi connectivity index (χ4v) is 2.22. The van der Waals surface area contributed by atoms with Gasteiger partial charge in [0.25, 0.3) is 0 Å². The number of carbonyl (C=O) groups excluding carboxylic acids is 1. The van der Waals surface area contributed by atoms with Crippen molar-refractivity contribution in [2.24, 2.45) is 11.7 Å². The number of aliphatic hydroxyl groups is 1. The number of hydrogen-bond acceptors (Lipinski definition) is 4. The lowest BCUT2D eigenvalue weighted by Gasteiger charge is -2.31. The Morgan fingerprint density at radius 3 is 2.58 bits per heavy atom. The van der Waals surface area contributed by atoms with Crippen molar-refractivity contribution in [2.75, 3.05) is 6.54 Å². The summed E-state index contributed by atoms with van der Waals surface area (Å²) in [4.78, 5) is 11.8. The molecule has 0 heterocycles. The third-order valence-corrected chi connectivity index (χ3v) is 3.50. The first-order valence-electron chi connectivity index (χ1n) is 6.54. The van der Waals surface area contributed by atoms with E-state index in [1.807, 2.05) is 0 Å². The number of amides is 1. The molecule has 1 aliphatic carbocycles. The van der Waals surface area contributed by atoms with Crippen LogP contribution >= 0.6 is 0 Å². The highest BCUT2D eigenvalue weighted by molar-refractivity contribution is 5.81. The summed E-state index contributed by atoms with van der Waals surface area (Å²) in [5.74, 6) is 0.402. The van der Waals surface area contributed by atoms with E-state index in [0.717, 1.165) is 18.4 Å². The molecule has 1 fully saturated rings. The van der Waals surface area contributed by atoms with E-state index in [1.165, 1.54) is 0 Å². The van der Waals surface area contributed by atoms with Crippen molar-refractivity contribution in [3.63, 3.8) is 0 Å². The first-order valence-corrected chi connectivity index (χ1v) is 6.54. The summed E-state index contributed by atoms with van der Waals surface area (Å²) in [5, 5.41) is 21.1. The molecule has 1 amide bonds. The van der Waals surface area contributed by atoms with E-state index in [4.69, 9.17) is 15.9 Å². The van der Waals surface area contributed by atoms with Crippen LogP contribution < -0.4 is 11.1 Å². The molecular weight excluding hydrogens is 244 g/mol.